The molecule has 0 spiro atoms. The summed E-state index contributed by atoms with van der Waals surface area (Å²) in [6.45, 7) is 0.341. The lowest BCUT2D eigenvalue weighted by Crippen LogP contribution is -2.12. The molecular formula is C11H16O4S. The highest BCUT2D eigenvalue weighted by Gasteiger charge is 2.00. The van der Waals surface area contributed by atoms with Gasteiger partial charge in [0.2, 0.25) is 0 Å². The highest BCUT2D eigenvalue weighted by Crippen LogP contribution is 2.16. The van der Waals surface area contributed by atoms with E-state index in [0.717, 1.165) is 11.5 Å². The maximum atomic E-state index is 11.2. The summed E-state index contributed by atoms with van der Waals surface area (Å²) in [4.78, 5) is 0. The van der Waals surface area contributed by atoms with Crippen LogP contribution in [0, 0.1) is 0 Å². The van der Waals surface area contributed by atoms with Gasteiger partial charge in [-0.3, -0.25) is 4.21 Å². The van der Waals surface area contributed by atoms with Gasteiger partial charge in [0, 0.05) is 16.6 Å². The van der Waals surface area contributed by atoms with Crippen molar-refractivity contribution in [2.75, 3.05) is 31.8 Å². The van der Waals surface area contributed by atoms with Crippen molar-refractivity contribution in [1.29, 1.82) is 0 Å². The monoisotopic (exact) mass is 244 g/mol. The molecule has 0 radical (unpaired) electrons. The molecule has 1 aromatic rings. The zero-order chi connectivity index (χ0) is 11.8. The van der Waals surface area contributed by atoms with Crippen LogP contribution in [0.5, 0.6) is 11.5 Å². The maximum absolute atomic E-state index is 11.2. The first-order valence-corrected chi connectivity index (χ1v) is 6.47. The number of hydrogen-bond donors (Lipinski definition) is 1. The molecule has 0 saturated carbocycles. The van der Waals surface area contributed by atoms with Gasteiger partial charge in [0.25, 0.3) is 0 Å². The van der Waals surface area contributed by atoms with Crippen LogP contribution in [0.25, 0.3) is 0 Å². The second-order valence-corrected chi connectivity index (χ2v) is 4.79. The van der Waals surface area contributed by atoms with Crippen LogP contribution in [0.15, 0.2) is 24.3 Å². The van der Waals surface area contributed by atoms with Gasteiger partial charge in [0.15, 0.2) is 0 Å². The summed E-state index contributed by atoms with van der Waals surface area (Å²) in [5.74, 6) is 2.25. The molecule has 1 N–H and O–H groups in total. The molecule has 0 aliphatic rings. The van der Waals surface area contributed by atoms with E-state index in [2.05, 4.69) is 0 Å². The lowest BCUT2D eigenvalue weighted by Gasteiger charge is -2.06. The fourth-order valence-corrected chi connectivity index (χ4v) is 1.81. The van der Waals surface area contributed by atoms with E-state index in [1.165, 1.54) is 0 Å². The molecule has 1 aromatic carbocycles. The van der Waals surface area contributed by atoms with E-state index < -0.39 is 10.8 Å². The summed E-state index contributed by atoms with van der Waals surface area (Å²) in [6.07, 6.45) is 0. The lowest BCUT2D eigenvalue weighted by atomic mass is 10.3. The molecule has 1 unspecified atom stereocenters. The third-order valence-electron chi connectivity index (χ3n) is 1.96. The van der Waals surface area contributed by atoms with Crippen molar-refractivity contribution in [1.82, 2.24) is 0 Å². The van der Waals surface area contributed by atoms with Crippen LogP contribution in [0.4, 0.5) is 0 Å². The summed E-state index contributed by atoms with van der Waals surface area (Å²) < 4.78 is 21.6. The zero-order valence-corrected chi connectivity index (χ0v) is 10.0. The Labute approximate surface area is 97.7 Å². The molecule has 4 nitrogen and oxygen atoms in total. The molecule has 0 aliphatic heterocycles. The van der Waals surface area contributed by atoms with E-state index in [-0.39, 0.29) is 6.61 Å². The fourth-order valence-electron chi connectivity index (χ4n) is 1.13. The minimum Gasteiger partial charge on any atom is -0.497 e. The molecule has 16 heavy (non-hydrogen) atoms. The molecule has 0 amide bonds. The summed E-state index contributed by atoms with van der Waals surface area (Å²) in [5.41, 5.74) is 0. The molecule has 0 fully saturated rings. The molecule has 5 heteroatoms. The average molecular weight is 244 g/mol. The molecular weight excluding hydrogens is 228 g/mol. The van der Waals surface area contributed by atoms with E-state index >= 15 is 0 Å². The number of benzene rings is 1. The Balaban J connectivity index is 2.29. The first-order chi connectivity index (χ1) is 7.76. The minimum absolute atomic E-state index is 0.0465. The third kappa shape index (κ3) is 4.63. The second kappa shape index (κ2) is 7.24. The highest BCUT2D eigenvalue weighted by molar-refractivity contribution is 7.85. The van der Waals surface area contributed by atoms with Crippen molar-refractivity contribution in [2.45, 2.75) is 0 Å². The lowest BCUT2D eigenvalue weighted by molar-refractivity contribution is 0.320. The molecule has 0 heterocycles. The van der Waals surface area contributed by atoms with Gasteiger partial charge < -0.3 is 14.6 Å². The minimum atomic E-state index is -0.999. The normalized spacial score (nSPS) is 12.1. The summed E-state index contributed by atoms with van der Waals surface area (Å²) in [7, 11) is 0.606. The van der Waals surface area contributed by atoms with Crippen molar-refractivity contribution in [3.8, 4) is 11.5 Å². The number of ether oxygens (including phenoxy) is 2. The van der Waals surface area contributed by atoms with E-state index in [1.54, 1.807) is 31.4 Å². The summed E-state index contributed by atoms with van der Waals surface area (Å²) >= 11 is 0. The number of aliphatic hydroxyl groups is 1. The number of aliphatic hydroxyl groups excluding tert-OH is 1. The van der Waals surface area contributed by atoms with Crippen molar-refractivity contribution in [3.05, 3.63) is 24.3 Å². The van der Waals surface area contributed by atoms with Gasteiger partial charge in [-0.15, -0.1) is 0 Å². The Kier molecular flexibility index (Phi) is 5.88. The highest BCUT2D eigenvalue weighted by atomic mass is 32.2. The average Bonchev–Trinajstić information content (AvgIpc) is 2.30. The molecule has 1 atom stereocenters. The molecule has 0 aliphatic carbocycles. The summed E-state index contributed by atoms with van der Waals surface area (Å²) in [5, 5.41) is 8.56. The largest absolute Gasteiger partial charge is 0.497 e. The van der Waals surface area contributed by atoms with Gasteiger partial charge in [-0.1, -0.05) is 0 Å². The predicted molar refractivity (Wildman–Crippen MR) is 63.5 cm³/mol. The van der Waals surface area contributed by atoms with E-state index in [0.29, 0.717) is 18.1 Å². The van der Waals surface area contributed by atoms with Crippen LogP contribution in [-0.2, 0) is 10.8 Å². The van der Waals surface area contributed by atoms with E-state index in [1.807, 2.05) is 0 Å². The first-order valence-electron chi connectivity index (χ1n) is 4.99. The Morgan fingerprint density at radius 2 is 1.81 bits per heavy atom. The number of methoxy groups -OCH3 is 1. The number of rotatable bonds is 7. The fraction of sp³-hybridized carbons (Fsp3) is 0.455. The first kappa shape index (κ1) is 13.0. The van der Waals surface area contributed by atoms with Crippen molar-refractivity contribution in [2.24, 2.45) is 0 Å². The SMILES string of the molecule is COc1ccc(OCCS(=O)CCO)cc1. The summed E-state index contributed by atoms with van der Waals surface area (Å²) in [6, 6.07) is 7.21. The third-order valence-corrected chi connectivity index (χ3v) is 3.22. The quantitative estimate of drug-likeness (QED) is 0.771. The van der Waals surface area contributed by atoms with Crippen LogP contribution in [0.3, 0.4) is 0 Å². The van der Waals surface area contributed by atoms with Crippen LogP contribution in [0.1, 0.15) is 0 Å². The van der Waals surface area contributed by atoms with Gasteiger partial charge in [-0.05, 0) is 24.3 Å². The van der Waals surface area contributed by atoms with Crippen molar-refractivity contribution < 1.29 is 18.8 Å². The second-order valence-electron chi connectivity index (χ2n) is 3.10. The Hall–Kier alpha value is -1.07. The molecule has 1 rings (SSSR count). The molecule has 90 valence electrons. The van der Waals surface area contributed by atoms with Crippen LogP contribution >= 0.6 is 0 Å². The molecule has 0 bridgehead atoms. The van der Waals surface area contributed by atoms with Crippen LogP contribution in [-0.4, -0.2) is 41.1 Å². The topological polar surface area (TPSA) is 55.8 Å². The van der Waals surface area contributed by atoms with Gasteiger partial charge in [-0.2, -0.15) is 0 Å². The predicted octanol–water partition coefficient (Wildman–Crippen LogP) is 0.815. The van der Waals surface area contributed by atoms with E-state index in [4.69, 9.17) is 14.6 Å². The number of hydrogen-bond acceptors (Lipinski definition) is 4. The Bertz CT molecular complexity index is 323. The standard InChI is InChI=1S/C11H16O4S/c1-14-10-2-4-11(5-3-10)15-7-9-16(13)8-6-12/h2-5,12H,6-9H2,1H3. The van der Waals surface area contributed by atoms with Gasteiger partial charge in [0.1, 0.15) is 11.5 Å². The van der Waals surface area contributed by atoms with Crippen molar-refractivity contribution in [3.63, 3.8) is 0 Å². The zero-order valence-electron chi connectivity index (χ0n) is 9.22. The Morgan fingerprint density at radius 3 is 2.38 bits per heavy atom. The van der Waals surface area contributed by atoms with Gasteiger partial charge >= 0.3 is 0 Å². The molecule has 0 aromatic heterocycles. The van der Waals surface area contributed by atoms with Crippen LogP contribution in [0.2, 0.25) is 0 Å². The van der Waals surface area contributed by atoms with Crippen molar-refractivity contribution >= 4 is 10.8 Å². The van der Waals surface area contributed by atoms with Crippen LogP contribution < -0.4 is 9.47 Å². The van der Waals surface area contributed by atoms with Gasteiger partial charge in [0.05, 0.1) is 26.1 Å². The van der Waals surface area contributed by atoms with E-state index in [9.17, 15) is 4.21 Å². The molecule has 0 saturated heterocycles. The maximum Gasteiger partial charge on any atom is 0.119 e. The smallest absolute Gasteiger partial charge is 0.119 e. The van der Waals surface area contributed by atoms with Gasteiger partial charge in [-0.25, -0.2) is 0 Å². The Morgan fingerprint density at radius 1 is 1.19 bits per heavy atom.